The van der Waals surface area contributed by atoms with Gasteiger partial charge in [-0.1, -0.05) is 11.3 Å². The standard InChI is InChI=1S/C18H22F3N3O2S/c1-11-10-23(16(25)26-17(2,3)4)7-8-24(11)15-22-13-6-5-12(18(19,20)21)9-14(13)27-15/h5-6,9,11H,7-8,10H2,1-4H3/t11-/m1/s1. The number of nitrogens with zero attached hydrogens (tertiary/aromatic N) is 3. The molecule has 0 N–H and O–H groups in total. The molecular weight excluding hydrogens is 379 g/mol. The fourth-order valence-corrected chi connectivity index (χ4v) is 4.08. The van der Waals surface area contributed by atoms with Crippen molar-refractivity contribution in [2.45, 2.75) is 45.5 Å². The SMILES string of the molecule is C[C@@H]1CN(C(=O)OC(C)(C)C)CCN1c1nc2ccc(C(F)(F)F)cc2s1. The van der Waals surface area contributed by atoms with E-state index in [1.807, 2.05) is 32.6 Å². The summed E-state index contributed by atoms with van der Waals surface area (Å²) in [4.78, 5) is 20.4. The van der Waals surface area contributed by atoms with Gasteiger partial charge in [0, 0.05) is 25.7 Å². The van der Waals surface area contributed by atoms with Gasteiger partial charge in [0.05, 0.1) is 15.8 Å². The number of halogens is 3. The molecule has 27 heavy (non-hydrogen) atoms. The van der Waals surface area contributed by atoms with E-state index in [1.165, 1.54) is 17.4 Å². The van der Waals surface area contributed by atoms with Gasteiger partial charge in [0.2, 0.25) is 0 Å². The average molecular weight is 401 g/mol. The minimum atomic E-state index is -4.37. The summed E-state index contributed by atoms with van der Waals surface area (Å²) in [6.07, 6.45) is -4.72. The summed E-state index contributed by atoms with van der Waals surface area (Å²) < 4.78 is 44.6. The van der Waals surface area contributed by atoms with E-state index in [-0.39, 0.29) is 12.1 Å². The van der Waals surface area contributed by atoms with Gasteiger partial charge in [-0.2, -0.15) is 13.2 Å². The van der Waals surface area contributed by atoms with Crippen LogP contribution in [0.15, 0.2) is 18.2 Å². The van der Waals surface area contributed by atoms with Gasteiger partial charge in [0.15, 0.2) is 5.13 Å². The highest BCUT2D eigenvalue weighted by Crippen LogP contribution is 2.36. The Hall–Kier alpha value is -2.03. The zero-order valence-electron chi connectivity index (χ0n) is 15.6. The number of piperazine rings is 1. The van der Waals surface area contributed by atoms with Gasteiger partial charge in [0.25, 0.3) is 0 Å². The van der Waals surface area contributed by atoms with Crippen LogP contribution in [-0.4, -0.2) is 47.3 Å². The molecule has 1 saturated heterocycles. The molecule has 1 atom stereocenters. The first kappa shape index (κ1) is 19.7. The van der Waals surface area contributed by atoms with Crippen molar-refractivity contribution >= 4 is 32.8 Å². The van der Waals surface area contributed by atoms with Gasteiger partial charge >= 0.3 is 12.3 Å². The summed E-state index contributed by atoms with van der Waals surface area (Å²) in [7, 11) is 0. The maximum absolute atomic E-state index is 12.9. The molecule has 0 saturated carbocycles. The molecule has 148 valence electrons. The Morgan fingerprint density at radius 2 is 1.96 bits per heavy atom. The number of fused-ring (bicyclic) bond motifs is 1. The fourth-order valence-electron chi connectivity index (χ4n) is 2.95. The average Bonchev–Trinajstić information content (AvgIpc) is 2.94. The van der Waals surface area contributed by atoms with Crippen molar-refractivity contribution in [1.29, 1.82) is 0 Å². The van der Waals surface area contributed by atoms with Gasteiger partial charge in [-0.3, -0.25) is 0 Å². The molecule has 1 aromatic carbocycles. The number of ether oxygens (including phenoxy) is 1. The highest BCUT2D eigenvalue weighted by Gasteiger charge is 2.33. The van der Waals surface area contributed by atoms with Crippen LogP contribution in [0.3, 0.4) is 0 Å². The Bertz CT molecular complexity index is 844. The number of carbonyl (C=O) groups excluding carboxylic acids is 1. The van der Waals surface area contributed by atoms with Crippen LogP contribution >= 0.6 is 11.3 Å². The smallest absolute Gasteiger partial charge is 0.416 e. The molecule has 2 aromatic rings. The van der Waals surface area contributed by atoms with Crippen molar-refractivity contribution < 1.29 is 22.7 Å². The highest BCUT2D eigenvalue weighted by molar-refractivity contribution is 7.22. The van der Waals surface area contributed by atoms with Crippen LogP contribution in [0, 0.1) is 0 Å². The summed E-state index contributed by atoms with van der Waals surface area (Å²) in [5, 5.41) is 0.667. The maximum atomic E-state index is 12.9. The Labute approximate surface area is 159 Å². The topological polar surface area (TPSA) is 45.7 Å². The van der Waals surface area contributed by atoms with Crippen molar-refractivity contribution in [3.63, 3.8) is 0 Å². The normalized spacial score (nSPS) is 18.9. The number of alkyl halides is 3. The Morgan fingerprint density at radius 3 is 2.56 bits per heavy atom. The lowest BCUT2D eigenvalue weighted by Gasteiger charge is -2.40. The number of thiazole rings is 1. The van der Waals surface area contributed by atoms with Crippen LogP contribution in [0.4, 0.5) is 23.1 Å². The van der Waals surface area contributed by atoms with Crippen LogP contribution in [0.5, 0.6) is 0 Å². The third kappa shape index (κ3) is 4.45. The lowest BCUT2D eigenvalue weighted by molar-refractivity contribution is -0.137. The van der Waals surface area contributed by atoms with Crippen molar-refractivity contribution in [2.24, 2.45) is 0 Å². The molecule has 0 spiro atoms. The minimum absolute atomic E-state index is 0.0195. The summed E-state index contributed by atoms with van der Waals surface area (Å²) in [6, 6.07) is 3.57. The summed E-state index contributed by atoms with van der Waals surface area (Å²) >= 11 is 1.24. The number of amides is 1. The van der Waals surface area contributed by atoms with Crippen LogP contribution in [0.25, 0.3) is 10.2 Å². The van der Waals surface area contributed by atoms with E-state index >= 15 is 0 Å². The highest BCUT2D eigenvalue weighted by atomic mass is 32.1. The molecule has 9 heteroatoms. The fraction of sp³-hybridized carbons (Fsp3) is 0.556. The number of carbonyl (C=O) groups is 1. The molecule has 0 aliphatic carbocycles. The molecular formula is C18H22F3N3O2S. The summed E-state index contributed by atoms with van der Waals surface area (Å²) in [5.74, 6) is 0. The van der Waals surface area contributed by atoms with Crippen LogP contribution in [0.2, 0.25) is 0 Å². The Balaban J connectivity index is 1.75. The minimum Gasteiger partial charge on any atom is -0.444 e. The first-order chi connectivity index (χ1) is 12.4. The molecule has 3 rings (SSSR count). The molecule has 0 bridgehead atoms. The molecule has 0 unspecified atom stereocenters. The zero-order chi connectivity index (χ0) is 20.0. The second-order valence-electron chi connectivity index (χ2n) is 7.65. The molecule has 0 radical (unpaired) electrons. The summed E-state index contributed by atoms with van der Waals surface area (Å²) in [6.45, 7) is 8.92. The number of anilines is 1. The second kappa shape index (κ2) is 6.85. The number of hydrogen-bond acceptors (Lipinski definition) is 5. The lowest BCUT2D eigenvalue weighted by Crippen LogP contribution is -2.54. The quantitative estimate of drug-likeness (QED) is 0.691. The molecule has 1 amide bonds. The predicted octanol–water partition coefficient (Wildman–Crippen LogP) is 4.76. The van der Waals surface area contributed by atoms with Crippen molar-refractivity contribution in [1.82, 2.24) is 9.88 Å². The van der Waals surface area contributed by atoms with E-state index in [2.05, 4.69) is 4.98 Å². The molecule has 5 nitrogen and oxygen atoms in total. The third-order valence-corrected chi connectivity index (χ3v) is 5.28. The van der Waals surface area contributed by atoms with Gasteiger partial charge in [0.1, 0.15) is 5.60 Å². The van der Waals surface area contributed by atoms with Crippen LogP contribution in [-0.2, 0) is 10.9 Å². The first-order valence-electron chi connectivity index (χ1n) is 8.66. The predicted molar refractivity (Wildman–Crippen MR) is 99.2 cm³/mol. The Morgan fingerprint density at radius 1 is 1.26 bits per heavy atom. The third-order valence-electron chi connectivity index (χ3n) is 4.23. The molecule has 2 heterocycles. The van der Waals surface area contributed by atoms with Crippen molar-refractivity contribution in [3.05, 3.63) is 23.8 Å². The summed E-state index contributed by atoms with van der Waals surface area (Å²) in [5.41, 5.74) is -0.682. The van der Waals surface area contributed by atoms with E-state index < -0.39 is 17.3 Å². The Kier molecular flexibility index (Phi) is 5.00. The van der Waals surface area contributed by atoms with E-state index in [9.17, 15) is 18.0 Å². The lowest BCUT2D eigenvalue weighted by atomic mass is 10.2. The van der Waals surface area contributed by atoms with E-state index in [4.69, 9.17) is 4.74 Å². The van der Waals surface area contributed by atoms with Gasteiger partial charge in [-0.05, 0) is 45.9 Å². The number of hydrogen-bond donors (Lipinski definition) is 0. The molecule has 1 aliphatic rings. The van der Waals surface area contributed by atoms with Crippen LogP contribution in [0.1, 0.15) is 33.3 Å². The molecule has 1 aromatic heterocycles. The first-order valence-corrected chi connectivity index (χ1v) is 9.48. The van der Waals surface area contributed by atoms with E-state index in [0.717, 1.165) is 12.1 Å². The maximum Gasteiger partial charge on any atom is 0.416 e. The number of benzene rings is 1. The number of rotatable bonds is 1. The second-order valence-corrected chi connectivity index (χ2v) is 8.65. The van der Waals surface area contributed by atoms with Gasteiger partial charge in [-0.15, -0.1) is 0 Å². The van der Waals surface area contributed by atoms with Gasteiger partial charge in [-0.25, -0.2) is 9.78 Å². The van der Waals surface area contributed by atoms with Crippen molar-refractivity contribution in [3.8, 4) is 0 Å². The van der Waals surface area contributed by atoms with E-state index in [1.54, 1.807) is 4.90 Å². The van der Waals surface area contributed by atoms with Gasteiger partial charge < -0.3 is 14.5 Å². The largest absolute Gasteiger partial charge is 0.444 e. The zero-order valence-corrected chi connectivity index (χ0v) is 16.4. The monoisotopic (exact) mass is 401 g/mol. The van der Waals surface area contributed by atoms with E-state index in [0.29, 0.717) is 35.0 Å². The van der Waals surface area contributed by atoms with Crippen molar-refractivity contribution in [2.75, 3.05) is 24.5 Å². The molecule has 1 aliphatic heterocycles. The van der Waals surface area contributed by atoms with Crippen LogP contribution < -0.4 is 4.90 Å². The molecule has 1 fully saturated rings. The number of aromatic nitrogens is 1.